The van der Waals surface area contributed by atoms with Gasteiger partial charge in [-0.1, -0.05) is 64.0 Å². The van der Waals surface area contributed by atoms with Crippen molar-refractivity contribution in [1.82, 2.24) is 4.90 Å². The zero-order chi connectivity index (χ0) is 20.8. The standard InChI is InChI=1S/C28H45NO/c1-3-4-5-6-7-8-9-10-15-29(22-23-11-13-27(30-2)14-12-23)28-19-24-16-25(20-28)18-26(17-24)21-28/h11-14,24-26H,3-10,15-22H2,1-2H3. The minimum absolute atomic E-state index is 0.510. The first-order valence-electron chi connectivity index (χ1n) is 13.1. The van der Waals surface area contributed by atoms with E-state index < -0.39 is 0 Å². The number of nitrogens with zero attached hydrogens (tertiary/aromatic N) is 1. The molecule has 0 N–H and O–H groups in total. The molecule has 0 saturated heterocycles. The molecule has 0 amide bonds. The maximum Gasteiger partial charge on any atom is 0.118 e. The van der Waals surface area contributed by atoms with Gasteiger partial charge in [-0.2, -0.15) is 0 Å². The minimum atomic E-state index is 0.510. The largest absolute Gasteiger partial charge is 0.497 e. The van der Waals surface area contributed by atoms with Gasteiger partial charge in [0.05, 0.1) is 7.11 Å². The third-order valence-corrected chi connectivity index (χ3v) is 8.49. The Morgan fingerprint density at radius 2 is 1.33 bits per heavy atom. The molecule has 0 radical (unpaired) electrons. The summed E-state index contributed by atoms with van der Waals surface area (Å²) in [6, 6.07) is 8.87. The molecule has 1 aromatic rings. The summed E-state index contributed by atoms with van der Waals surface area (Å²) in [7, 11) is 1.76. The van der Waals surface area contributed by atoms with Crippen LogP contribution < -0.4 is 4.74 Å². The smallest absolute Gasteiger partial charge is 0.118 e. The molecule has 4 saturated carbocycles. The van der Waals surface area contributed by atoms with Crippen molar-refractivity contribution in [2.24, 2.45) is 17.8 Å². The van der Waals surface area contributed by atoms with Crippen molar-refractivity contribution in [3.63, 3.8) is 0 Å². The van der Waals surface area contributed by atoms with Crippen molar-refractivity contribution in [2.75, 3.05) is 13.7 Å². The van der Waals surface area contributed by atoms with E-state index in [9.17, 15) is 0 Å². The van der Waals surface area contributed by atoms with Crippen molar-refractivity contribution in [2.45, 2.75) is 109 Å². The molecule has 2 nitrogen and oxygen atoms in total. The highest BCUT2D eigenvalue weighted by Crippen LogP contribution is 2.58. The highest BCUT2D eigenvalue weighted by Gasteiger charge is 2.53. The Kier molecular flexibility index (Phi) is 7.79. The van der Waals surface area contributed by atoms with Gasteiger partial charge in [0.2, 0.25) is 0 Å². The van der Waals surface area contributed by atoms with Gasteiger partial charge < -0.3 is 4.74 Å². The molecule has 0 spiro atoms. The van der Waals surface area contributed by atoms with Gasteiger partial charge in [0, 0.05) is 12.1 Å². The molecule has 4 aliphatic carbocycles. The van der Waals surface area contributed by atoms with Gasteiger partial charge in [-0.25, -0.2) is 0 Å². The predicted molar refractivity (Wildman–Crippen MR) is 127 cm³/mol. The van der Waals surface area contributed by atoms with Crippen LogP contribution in [0.2, 0.25) is 0 Å². The quantitative estimate of drug-likeness (QED) is 0.310. The Labute approximate surface area is 185 Å². The summed E-state index contributed by atoms with van der Waals surface area (Å²) >= 11 is 0. The van der Waals surface area contributed by atoms with E-state index >= 15 is 0 Å². The maximum absolute atomic E-state index is 5.39. The van der Waals surface area contributed by atoms with E-state index in [0.717, 1.165) is 30.0 Å². The van der Waals surface area contributed by atoms with Crippen molar-refractivity contribution >= 4 is 0 Å². The molecular formula is C28H45NO. The maximum atomic E-state index is 5.39. The van der Waals surface area contributed by atoms with Gasteiger partial charge in [-0.3, -0.25) is 4.90 Å². The molecule has 2 heteroatoms. The van der Waals surface area contributed by atoms with Crippen LogP contribution >= 0.6 is 0 Å². The number of ether oxygens (including phenoxy) is 1. The minimum Gasteiger partial charge on any atom is -0.497 e. The number of hydrogen-bond acceptors (Lipinski definition) is 2. The lowest BCUT2D eigenvalue weighted by Crippen LogP contribution is -2.59. The second-order valence-electron chi connectivity index (χ2n) is 10.9. The van der Waals surface area contributed by atoms with Gasteiger partial charge in [0.15, 0.2) is 0 Å². The van der Waals surface area contributed by atoms with E-state index in [1.54, 1.807) is 7.11 Å². The Balaban J connectivity index is 1.36. The fourth-order valence-corrected chi connectivity index (χ4v) is 7.32. The van der Waals surface area contributed by atoms with E-state index in [0.29, 0.717) is 5.54 Å². The summed E-state index contributed by atoms with van der Waals surface area (Å²) in [5.41, 5.74) is 1.97. The molecular weight excluding hydrogens is 366 g/mol. The zero-order valence-electron chi connectivity index (χ0n) is 19.7. The van der Waals surface area contributed by atoms with Gasteiger partial charge in [0.1, 0.15) is 5.75 Å². The first-order valence-corrected chi connectivity index (χ1v) is 13.1. The SMILES string of the molecule is CCCCCCCCCCN(Cc1ccc(OC)cc1)C12CC3CC(CC(C3)C1)C2. The van der Waals surface area contributed by atoms with Gasteiger partial charge in [-0.15, -0.1) is 0 Å². The average molecular weight is 412 g/mol. The van der Waals surface area contributed by atoms with Crippen molar-refractivity contribution in [3.8, 4) is 5.75 Å². The molecule has 4 bridgehead atoms. The summed E-state index contributed by atoms with van der Waals surface area (Å²) in [5, 5.41) is 0. The van der Waals surface area contributed by atoms with E-state index in [2.05, 4.69) is 36.1 Å². The Hall–Kier alpha value is -1.02. The number of methoxy groups -OCH3 is 1. The van der Waals surface area contributed by atoms with Crippen LogP contribution in [0.1, 0.15) is 102 Å². The molecule has 0 aliphatic heterocycles. The average Bonchev–Trinajstić information content (AvgIpc) is 2.74. The van der Waals surface area contributed by atoms with E-state index in [1.807, 2.05) is 0 Å². The fraction of sp³-hybridized carbons (Fsp3) is 0.786. The summed E-state index contributed by atoms with van der Waals surface area (Å²) < 4.78 is 5.39. The lowest BCUT2D eigenvalue weighted by molar-refractivity contribution is -0.0929. The Bertz CT molecular complexity index is 601. The van der Waals surface area contributed by atoms with E-state index in [1.165, 1.54) is 102 Å². The molecule has 30 heavy (non-hydrogen) atoms. The summed E-state index contributed by atoms with van der Waals surface area (Å²) in [4.78, 5) is 2.95. The number of unbranched alkanes of at least 4 members (excludes halogenated alkanes) is 7. The highest BCUT2D eigenvalue weighted by molar-refractivity contribution is 5.27. The number of hydrogen-bond donors (Lipinski definition) is 0. The molecule has 5 rings (SSSR count). The lowest BCUT2D eigenvalue weighted by Gasteiger charge is -2.60. The topological polar surface area (TPSA) is 12.5 Å². The number of benzene rings is 1. The first-order chi connectivity index (χ1) is 14.7. The monoisotopic (exact) mass is 411 g/mol. The molecule has 1 aromatic carbocycles. The molecule has 4 aliphatic rings. The molecule has 0 heterocycles. The van der Waals surface area contributed by atoms with Gasteiger partial charge in [0.25, 0.3) is 0 Å². The van der Waals surface area contributed by atoms with Gasteiger partial charge >= 0.3 is 0 Å². The van der Waals surface area contributed by atoms with Crippen LogP contribution in [0.4, 0.5) is 0 Å². The Morgan fingerprint density at radius 1 is 0.800 bits per heavy atom. The molecule has 0 unspecified atom stereocenters. The summed E-state index contributed by atoms with van der Waals surface area (Å²) in [6.07, 6.45) is 20.4. The van der Waals surface area contributed by atoms with Crippen LogP contribution in [0.25, 0.3) is 0 Å². The molecule has 0 atom stereocenters. The third kappa shape index (κ3) is 5.42. The van der Waals surface area contributed by atoms with E-state index in [4.69, 9.17) is 4.74 Å². The summed E-state index contributed by atoms with van der Waals surface area (Å²) in [5.74, 6) is 4.04. The van der Waals surface area contributed by atoms with Crippen LogP contribution in [0.5, 0.6) is 5.75 Å². The third-order valence-electron chi connectivity index (χ3n) is 8.49. The fourth-order valence-electron chi connectivity index (χ4n) is 7.32. The van der Waals surface area contributed by atoms with E-state index in [-0.39, 0.29) is 0 Å². The first kappa shape index (κ1) is 22.2. The zero-order valence-corrected chi connectivity index (χ0v) is 19.7. The Morgan fingerprint density at radius 3 is 1.87 bits per heavy atom. The lowest BCUT2D eigenvalue weighted by atomic mass is 9.52. The molecule has 168 valence electrons. The second-order valence-corrected chi connectivity index (χ2v) is 10.9. The van der Waals surface area contributed by atoms with Crippen molar-refractivity contribution < 1.29 is 4.74 Å². The highest BCUT2D eigenvalue weighted by atomic mass is 16.5. The summed E-state index contributed by atoms with van der Waals surface area (Å²) in [6.45, 7) is 4.74. The normalized spacial score (nSPS) is 29.6. The molecule has 4 fully saturated rings. The van der Waals surface area contributed by atoms with Crippen molar-refractivity contribution in [1.29, 1.82) is 0 Å². The predicted octanol–water partition coefficient (Wildman–Crippen LogP) is 7.61. The molecule has 0 aromatic heterocycles. The van der Waals surface area contributed by atoms with Gasteiger partial charge in [-0.05, 0) is 86.9 Å². The van der Waals surface area contributed by atoms with Crippen LogP contribution in [0.15, 0.2) is 24.3 Å². The van der Waals surface area contributed by atoms with Crippen LogP contribution in [-0.4, -0.2) is 24.1 Å². The van der Waals surface area contributed by atoms with Crippen molar-refractivity contribution in [3.05, 3.63) is 29.8 Å². The second kappa shape index (κ2) is 10.5. The van der Waals surface area contributed by atoms with Crippen LogP contribution in [0, 0.1) is 17.8 Å². The van der Waals surface area contributed by atoms with Crippen LogP contribution in [0.3, 0.4) is 0 Å². The van der Waals surface area contributed by atoms with Crippen LogP contribution in [-0.2, 0) is 6.54 Å². The number of rotatable bonds is 13.